The largest absolute Gasteiger partial charge is 0.497 e. The summed E-state index contributed by atoms with van der Waals surface area (Å²) in [5.74, 6) is 0.879. The Kier molecular flexibility index (Phi) is 7.91. The first-order valence-corrected chi connectivity index (χ1v) is 12.0. The third-order valence-corrected chi connectivity index (χ3v) is 6.70. The number of halogens is 1. The molecule has 2 aromatic carbocycles. The van der Waals surface area contributed by atoms with Gasteiger partial charge >= 0.3 is 0 Å². The molecule has 0 saturated heterocycles. The van der Waals surface area contributed by atoms with Gasteiger partial charge in [0, 0.05) is 28.3 Å². The number of hydrazone groups is 1. The minimum Gasteiger partial charge on any atom is -0.497 e. The Balaban J connectivity index is 1.67. The maximum Gasteiger partial charge on any atom is 0.250 e. The molecule has 1 amide bonds. The number of carbonyl (C=O) groups excluding carboxylic acids is 1. The lowest BCUT2D eigenvalue weighted by atomic mass is 9.88. The molecule has 0 saturated carbocycles. The second kappa shape index (κ2) is 10.5. The Bertz CT molecular complexity index is 1030. The van der Waals surface area contributed by atoms with Crippen molar-refractivity contribution in [3.8, 4) is 5.75 Å². The van der Waals surface area contributed by atoms with E-state index < -0.39 is 0 Å². The molecule has 5 nitrogen and oxygen atoms in total. The summed E-state index contributed by atoms with van der Waals surface area (Å²) in [6, 6.07) is 11.6. The molecule has 1 aliphatic heterocycles. The number of thioether (sulfide) groups is 1. The normalized spacial score (nSPS) is 14.8. The van der Waals surface area contributed by atoms with Gasteiger partial charge in [0.15, 0.2) is 0 Å². The highest BCUT2D eigenvalue weighted by atomic mass is 35.5. The highest BCUT2D eigenvalue weighted by molar-refractivity contribution is 8.00. The Morgan fingerprint density at radius 2 is 2.00 bits per heavy atom. The van der Waals surface area contributed by atoms with Gasteiger partial charge in [-0.05, 0) is 69.2 Å². The van der Waals surface area contributed by atoms with E-state index in [1.54, 1.807) is 13.3 Å². The van der Waals surface area contributed by atoms with Crippen LogP contribution < -0.4 is 15.1 Å². The maximum absolute atomic E-state index is 12.2. The standard InChI is InChI=1S/C25H30ClN3O2S/c1-6-11-29-23-13-22(26)18(12-21(23)17(2)14-25(29,3)4)15-27-28-24(30)16-32-20-9-7-19(31-5)8-10-20/h7-10,12-15H,6,11,16H2,1-5H3,(H,28,30)/b27-15+. The second-order valence-corrected chi connectivity index (χ2v) is 9.74. The predicted octanol–water partition coefficient (Wildman–Crippen LogP) is 6.00. The van der Waals surface area contributed by atoms with Crippen LogP contribution in [-0.2, 0) is 4.79 Å². The van der Waals surface area contributed by atoms with Gasteiger partial charge in [-0.2, -0.15) is 5.10 Å². The van der Waals surface area contributed by atoms with E-state index >= 15 is 0 Å². The van der Waals surface area contributed by atoms with Crippen molar-refractivity contribution >= 4 is 46.7 Å². The van der Waals surface area contributed by atoms with E-state index in [1.807, 2.05) is 36.4 Å². The first-order valence-electron chi connectivity index (χ1n) is 10.6. The summed E-state index contributed by atoms with van der Waals surface area (Å²) >= 11 is 8.02. The zero-order chi connectivity index (χ0) is 23.3. The number of rotatable bonds is 8. The van der Waals surface area contributed by atoms with Crippen LogP contribution in [0.5, 0.6) is 5.75 Å². The SMILES string of the molecule is CCCN1c2cc(Cl)c(/C=N/NC(=O)CSc3ccc(OC)cc3)cc2C(C)=CC1(C)C. The topological polar surface area (TPSA) is 53.9 Å². The van der Waals surface area contributed by atoms with Gasteiger partial charge in [-0.3, -0.25) is 4.79 Å². The molecule has 1 aliphatic rings. The van der Waals surface area contributed by atoms with Crippen molar-refractivity contribution in [3.05, 3.63) is 58.6 Å². The van der Waals surface area contributed by atoms with Crippen LogP contribution >= 0.6 is 23.4 Å². The van der Waals surface area contributed by atoms with Crippen LogP contribution in [0.3, 0.4) is 0 Å². The van der Waals surface area contributed by atoms with Crippen LogP contribution in [0.2, 0.25) is 5.02 Å². The van der Waals surface area contributed by atoms with Crippen molar-refractivity contribution in [2.24, 2.45) is 5.10 Å². The molecule has 7 heteroatoms. The van der Waals surface area contributed by atoms with Crippen LogP contribution in [0.1, 0.15) is 45.2 Å². The number of anilines is 1. The Hall–Kier alpha value is -2.44. The molecule has 0 aliphatic carbocycles. The molecular formula is C25H30ClN3O2S. The molecule has 0 spiro atoms. The monoisotopic (exact) mass is 471 g/mol. The average molecular weight is 472 g/mol. The summed E-state index contributed by atoms with van der Waals surface area (Å²) < 4.78 is 5.14. The molecule has 0 fully saturated rings. The third kappa shape index (κ3) is 5.67. The summed E-state index contributed by atoms with van der Waals surface area (Å²) in [7, 11) is 1.63. The molecule has 1 N–H and O–H groups in total. The fraction of sp³-hybridized carbons (Fsp3) is 0.360. The van der Waals surface area contributed by atoms with E-state index in [0.717, 1.165) is 40.4 Å². The average Bonchev–Trinajstić information content (AvgIpc) is 2.76. The van der Waals surface area contributed by atoms with E-state index in [-0.39, 0.29) is 17.2 Å². The van der Waals surface area contributed by atoms with Gasteiger partial charge in [0.05, 0.1) is 29.6 Å². The molecule has 0 aromatic heterocycles. The molecule has 2 aromatic rings. The molecule has 0 radical (unpaired) electrons. The zero-order valence-electron chi connectivity index (χ0n) is 19.2. The summed E-state index contributed by atoms with van der Waals surface area (Å²) in [6.07, 6.45) is 4.95. The molecule has 0 unspecified atom stereocenters. The molecule has 0 bridgehead atoms. The van der Waals surface area contributed by atoms with Gasteiger partial charge in [-0.25, -0.2) is 5.43 Å². The van der Waals surface area contributed by atoms with Crippen LogP contribution in [0, 0.1) is 0 Å². The van der Waals surface area contributed by atoms with Crippen molar-refractivity contribution in [1.82, 2.24) is 5.43 Å². The van der Waals surface area contributed by atoms with Gasteiger partial charge < -0.3 is 9.64 Å². The van der Waals surface area contributed by atoms with Gasteiger partial charge in [-0.1, -0.05) is 24.6 Å². The lowest BCUT2D eigenvalue weighted by molar-refractivity contribution is -0.118. The number of methoxy groups -OCH3 is 1. The highest BCUT2D eigenvalue weighted by Gasteiger charge is 2.31. The quantitative estimate of drug-likeness (QED) is 0.291. The van der Waals surface area contributed by atoms with Crippen molar-refractivity contribution in [2.75, 3.05) is 24.3 Å². The smallest absolute Gasteiger partial charge is 0.250 e. The van der Waals surface area contributed by atoms with Crippen molar-refractivity contribution in [1.29, 1.82) is 0 Å². The lowest BCUT2D eigenvalue weighted by Crippen LogP contribution is -2.45. The fourth-order valence-corrected chi connectivity index (χ4v) is 4.77. The van der Waals surface area contributed by atoms with Crippen molar-refractivity contribution in [2.45, 2.75) is 44.6 Å². The molecule has 1 heterocycles. The lowest BCUT2D eigenvalue weighted by Gasteiger charge is -2.43. The molecule has 3 rings (SSSR count). The molecule has 32 heavy (non-hydrogen) atoms. The number of ether oxygens (including phenoxy) is 1. The van der Waals surface area contributed by atoms with E-state index in [4.69, 9.17) is 16.3 Å². The fourth-order valence-electron chi connectivity index (χ4n) is 3.87. The van der Waals surface area contributed by atoms with E-state index in [0.29, 0.717) is 5.02 Å². The Labute approximate surface area is 199 Å². The van der Waals surface area contributed by atoms with Crippen LogP contribution in [0.4, 0.5) is 5.69 Å². The number of nitrogens with zero attached hydrogens (tertiary/aromatic N) is 2. The minimum absolute atomic E-state index is 0.0679. The van der Waals surface area contributed by atoms with Crippen LogP contribution in [0.15, 0.2) is 52.5 Å². The minimum atomic E-state index is -0.178. The number of hydrogen-bond acceptors (Lipinski definition) is 5. The van der Waals surface area contributed by atoms with E-state index in [1.165, 1.54) is 17.3 Å². The summed E-state index contributed by atoms with van der Waals surface area (Å²) in [4.78, 5) is 15.5. The first kappa shape index (κ1) is 24.2. The molecule has 170 valence electrons. The number of benzene rings is 2. The van der Waals surface area contributed by atoms with Gasteiger partial charge in [-0.15, -0.1) is 11.8 Å². The van der Waals surface area contributed by atoms with E-state index in [9.17, 15) is 4.79 Å². The van der Waals surface area contributed by atoms with Gasteiger partial charge in [0.25, 0.3) is 0 Å². The third-order valence-electron chi connectivity index (χ3n) is 5.37. The second-order valence-electron chi connectivity index (χ2n) is 8.28. The zero-order valence-corrected chi connectivity index (χ0v) is 20.8. The number of carbonyl (C=O) groups is 1. The van der Waals surface area contributed by atoms with Crippen LogP contribution in [-0.4, -0.2) is 37.1 Å². The number of amides is 1. The van der Waals surface area contributed by atoms with Crippen molar-refractivity contribution in [3.63, 3.8) is 0 Å². The van der Waals surface area contributed by atoms with Gasteiger partial charge in [0.2, 0.25) is 5.91 Å². The van der Waals surface area contributed by atoms with Crippen LogP contribution in [0.25, 0.3) is 5.57 Å². The highest BCUT2D eigenvalue weighted by Crippen LogP contribution is 2.41. The van der Waals surface area contributed by atoms with E-state index in [2.05, 4.69) is 49.2 Å². The summed E-state index contributed by atoms with van der Waals surface area (Å²) in [5, 5.41) is 4.74. The summed E-state index contributed by atoms with van der Waals surface area (Å²) in [5.41, 5.74) is 6.79. The summed E-state index contributed by atoms with van der Waals surface area (Å²) in [6.45, 7) is 9.70. The first-order chi connectivity index (χ1) is 15.2. The number of allylic oxidation sites excluding steroid dienone is 1. The molecular weight excluding hydrogens is 442 g/mol. The number of fused-ring (bicyclic) bond motifs is 1. The number of hydrogen-bond donors (Lipinski definition) is 1. The Morgan fingerprint density at radius 3 is 2.66 bits per heavy atom. The van der Waals surface area contributed by atoms with Gasteiger partial charge in [0.1, 0.15) is 5.75 Å². The molecule has 0 atom stereocenters. The maximum atomic E-state index is 12.2. The van der Waals surface area contributed by atoms with Crippen molar-refractivity contribution < 1.29 is 9.53 Å². The Morgan fingerprint density at radius 1 is 1.28 bits per heavy atom. The number of nitrogens with one attached hydrogen (secondary N) is 1. The predicted molar refractivity (Wildman–Crippen MR) is 136 cm³/mol.